The number of hydrogen-bond acceptors (Lipinski definition) is 5. The van der Waals surface area contributed by atoms with Gasteiger partial charge in [-0.3, -0.25) is 18.8 Å². The molecular weight excluding hydrogens is 394 g/mol. The fourth-order valence-electron chi connectivity index (χ4n) is 3.40. The van der Waals surface area contributed by atoms with E-state index in [1.165, 1.54) is 12.0 Å². The summed E-state index contributed by atoms with van der Waals surface area (Å²) >= 11 is 0. The molecule has 0 aliphatic carbocycles. The van der Waals surface area contributed by atoms with E-state index in [0.29, 0.717) is 22.8 Å². The maximum atomic E-state index is 13.5. The van der Waals surface area contributed by atoms with Gasteiger partial charge in [0, 0.05) is 6.07 Å². The van der Waals surface area contributed by atoms with Crippen LogP contribution >= 0.6 is 0 Å². The van der Waals surface area contributed by atoms with Crippen LogP contribution in [0.4, 0.5) is 17.1 Å². The Balaban J connectivity index is 2.06. The number of amides is 2. The van der Waals surface area contributed by atoms with Crippen LogP contribution in [0.15, 0.2) is 48.5 Å². The van der Waals surface area contributed by atoms with Gasteiger partial charge in [0.15, 0.2) is 0 Å². The van der Waals surface area contributed by atoms with Gasteiger partial charge in [-0.05, 0) is 30.7 Å². The number of carbonyl (C=O) groups excluding carboxylic acids is 2. The molecule has 1 atom stereocenters. The molecular formula is C20H23N3O5S. The first-order valence-corrected chi connectivity index (χ1v) is 10.9. The average molecular weight is 417 g/mol. The molecule has 8 nitrogen and oxygen atoms in total. The Morgan fingerprint density at radius 3 is 2.62 bits per heavy atom. The Morgan fingerprint density at radius 2 is 1.97 bits per heavy atom. The highest BCUT2D eigenvalue weighted by molar-refractivity contribution is 7.92. The first-order chi connectivity index (χ1) is 13.8. The number of sulfonamides is 1. The summed E-state index contributed by atoms with van der Waals surface area (Å²) < 4.78 is 31.6. The summed E-state index contributed by atoms with van der Waals surface area (Å²) in [6, 6.07) is 12.4. The molecule has 0 spiro atoms. The van der Waals surface area contributed by atoms with Crippen LogP contribution in [0.3, 0.4) is 0 Å². The van der Waals surface area contributed by atoms with Crippen molar-refractivity contribution in [3.05, 3.63) is 48.5 Å². The highest BCUT2D eigenvalue weighted by Gasteiger charge is 2.37. The van der Waals surface area contributed by atoms with Crippen molar-refractivity contribution >= 4 is 38.9 Å². The fourth-order valence-corrected chi connectivity index (χ4v) is 4.60. The Labute approximate surface area is 170 Å². The van der Waals surface area contributed by atoms with Crippen molar-refractivity contribution in [1.82, 2.24) is 0 Å². The molecule has 2 aromatic carbocycles. The number of ether oxygens (including phenoxy) is 1. The minimum Gasteiger partial charge on any atom is -0.497 e. The van der Waals surface area contributed by atoms with Crippen LogP contribution in [0.1, 0.15) is 13.3 Å². The van der Waals surface area contributed by atoms with Gasteiger partial charge in [0.25, 0.3) is 5.91 Å². The summed E-state index contributed by atoms with van der Waals surface area (Å²) in [5, 5.41) is 2.73. The van der Waals surface area contributed by atoms with Gasteiger partial charge < -0.3 is 10.1 Å². The van der Waals surface area contributed by atoms with Crippen LogP contribution in [0.25, 0.3) is 0 Å². The molecule has 0 saturated carbocycles. The van der Waals surface area contributed by atoms with Gasteiger partial charge in [-0.25, -0.2) is 8.42 Å². The number of nitrogens with one attached hydrogen (secondary N) is 1. The Bertz CT molecular complexity index is 1040. The van der Waals surface area contributed by atoms with Gasteiger partial charge in [-0.2, -0.15) is 0 Å². The third-order valence-corrected chi connectivity index (χ3v) is 5.84. The number of carbonyl (C=O) groups is 2. The van der Waals surface area contributed by atoms with Gasteiger partial charge in [-0.1, -0.05) is 25.1 Å². The number of hydrogen-bond donors (Lipinski definition) is 1. The molecule has 0 radical (unpaired) electrons. The van der Waals surface area contributed by atoms with Gasteiger partial charge in [0.1, 0.15) is 18.3 Å². The van der Waals surface area contributed by atoms with E-state index >= 15 is 0 Å². The van der Waals surface area contributed by atoms with Crippen molar-refractivity contribution in [3.63, 3.8) is 0 Å². The second-order valence-corrected chi connectivity index (χ2v) is 8.53. The van der Waals surface area contributed by atoms with E-state index in [1.807, 2.05) is 0 Å². The van der Waals surface area contributed by atoms with Gasteiger partial charge in [0.2, 0.25) is 15.9 Å². The highest BCUT2D eigenvalue weighted by Crippen LogP contribution is 2.32. The van der Waals surface area contributed by atoms with Gasteiger partial charge in [0.05, 0.1) is 30.4 Å². The predicted molar refractivity (Wildman–Crippen MR) is 112 cm³/mol. The van der Waals surface area contributed by atoms with Crippen molar-refractivity contribution in [3.8, 4) is 5.75 Å². The number of rotatable bonds is 6. The Hall–Kier alpha value is -3.07. The summed E-state index contributed by atoms with van der Waals surface area (Å²) in [5.74, 6) is -0.330. The molecule has 0 fully saturated rings. The molecule has 2 aromatic rings. The van der Waals surface area contributed by atoms with E-state index in [2.05, 4.69) is 5.32 Å². The van der Waals surface area contributed by atoms with E-state index in [1.54, 1.807) is 55.5 Å². The molecule has 29 heavy (non-hydrogen) atoms. The van der Waals surface area contributed by atoms with Crippen LogP contribution in [0.5, 0.6) is 5.75 Å². The quantitative estimate of drug-likeness (QED) is 0.778. The normalized spacial score (nSPS) is 14.6. The minimum absolute atomic E-state index is 0.179. The summed E-state index contributed by atoms with van der Waals surface area (Å²) in [6.07, 6.45) is 1.28. The zero-order valence-electron chi connectivity index (χ0n) is 16.5. The second kappa shape index (κ2) is 8.12. The summed E-state index contributed by atoms with van der Waals surface area (Å²) in [4.78, 5) is 26.9. The molecule has 3 rings (SSSR count). The molecule has 0 bridgehead atoms. The number of benzene rings is 2. The number of fused-ring (bicyclic) bond motifs is 1. The van der Waals surface area contributed by atoms with E-state index in [0.717, 1.165) is 10.6 Å². The SMILES string of the molecule is CC[C@H](C(=O)N1CC(=O)Nc2ccccc21)N(c1cccc(OC)c1)S(C)(=O)=O. The second-order valence-electron chi connectivity index (χ2n) is 6.67. The molecule has 1 heterocycles. The Morgan fingerprint density at radius 1 is 1.24 bits per heavy atom. The lowest BCUT2D eigenvalue weighted by Crippen LogP contribution is -2.53. The van der Waals surface area contributed by atoms with Crippen molar-refractivity contribution in [2.24, 2.45) is 0 Å². The first kappa shape index (κ1) is 20.7. The van der Waals surface area contributed by atoms with Crippen molar-refractivity contribution < 1.29 is 22.7 Å². The zero-order chi connectivity index (χ0) is 21.2. The molecule has 1 N–H and O–H groups in total. The third-order valence-electron chi connectivity index (χ3n) is 4.66. The number of anilines is 3. The third kappa shape index (κ3) is 4.19. The minimum atomic E-state index is -3.80. The fraction of sp³-hybridized carbons (Fsp3) is 0.300. The number of methoxy groups -OCH3 is 1. The van der Waals surface area contributed by atoms with Gasteiger partial charge in [-0.15, -0.1) is 0 Å². The van der Waals surface area contributed by atoms with Crippen LogP contribution in [0, 0.1) is 0 Å². The van der Waals surface area contributed by atoms with E-state index < -0.39 is 22.0 Å². The average Bonchev–Trinajstić information content (AvgIpc) is 2.69. The number of nitrogens with zero attached hydrogens (tertiary/aromatic N) is 2. The van der Waals surface area contributed by atoms with Crippen LogP contribution in [-0.4, -0.2) is 46.2 Å². The predicted octanol–water partition coefficient (Wildman–Crippen LogP) is 2.23. The molecule has 0 unspecified atom stereocenters. The van der Waals surface area contributed by atoms with E-state index in [4.69, 9.17) is 4.74 Å². The lowest BCUT2D eigenvalue weighted by Gasteiger charge is -2.36. The Kier molecular flexibility index (Phi) is 5.78. The lowest BCUT2D eigenvalue weighted by atomic mass is 10.1. The molecule has 9 heteroatoms. The summed E-state index contributed by atoms with van der Waals surface area (Å²) in [5.41, 5.74) is 1.37. The molecule has 0 aromatic heterocycles. The first-order valence-electron chi connectivity index (χ1n) is 9.10. The van der Waals surface area contributed by atoms with Crippen molar-refractivity contribution in [2.75, 3.05) is 34.4 Å². The van der Waals surface area contributed by atoms with Crippen LogP contribution in [-0.2, 0) is 19.6 Å². The lowest BCUT2D eigenvalue weighted by molar-refractivity contribution is -0.122. The van der Waals surface area contributed by atoms with Gasteiger partial charge >= 0.3 is 0 Å². The molecule has 1 aliphatic heterocycles. The maximum Gasteiger partial charge on any atom is 0.251 e. The standard InChI is InChI=1S/C20H23N3O5S/c1-4-17(23(29(3,26)27)14-8-7-9-15(12-14)28-2)20(25)22-13-19(24)21-16-10-5-6-11-18(16)22/h5-12,17H,4,13H2,1-3H3,(H,21,24)/t17-/m1/s1. The number of para-hydroxylation sites is 2. The molecule has 1 aliphatic rings. The van der Waals surface area contributed by atoms with Crippen LogP contribution < -0.4 is 19.3 Å². The van der Waals surface area contributed by atoms with Crippen molar-refractivity contribution in [2.45, 2.75) is 19.4 Å². The summed E-state index contributed by atoms with van der Waals surface area (Å²) in [7, 11) is -2.32. The monoisotopic (exact) mass is 417 g/mol. The zero-order valence-corrected chi connectivity index (χ0v) is 17.3. The topological polar surface area (TPSA) is 96.0 Å². The van der Waals surface area contributed by atoms with Crippen LogP contribution in [0.2, 0.25) is 0 Å². The van der Waals surface area contributed by atoms with E-state index in [9.17, 15) is 18.0 Å². The largest absolute Gasteiger partial charge is 0.497 e. The molecule has 2 amide bonds. The molecule has 154 valence electrons. The summed E-state index contributed by atoms with van der Waals surface area (Å²) in [6.45, 7) is 1.55. The van der Waals surface area contributed by atoms with Crippen molar-refractivity contribution in [1.29, 1.82) is 0 Å². The highest BCUT2D eigenvalue weighted by atomic mass is 32.2. The maximum absolute atomic E-state index is 13.5. The smallest absolute Gasteiger partial charge is 0.251 e. The van der Waals surface area contributed by atoms with E-state index in [-0.39, 0.29) is 18.9 Å². The molecule has 0 saturated heterocycles.